The van der Waals surface area contributed by atoms with E-state index in [2.05, 4.69) is 19.0 Å². The van der Waals surface area contributed by atoms with Crippen molar-refractivity contribution in [1.29, 1.82) is 0 Å². The summed E-state index contributed by atoms with van der Waals surface area (Å²) < 4.78 is 22.7. The molecule has 0 bridgehead atoms. The van der Waals surface area contributed by atoms with Crippen LogP contribution in [0.25, 0.3) is 0 Å². The van der Waals surface area contributed by atoms with Gasteiger partial charge in [-0.3, -0.25) is 10.1 Å². The van der Waals surface area contributed by atoms with Gasteiger partial charge < -0.3 is 4.90 Å². The summed E-state index contributed by atoms with van der Waals surface area (Å²) in [6.07, 6.45) is 4.82. The van der Waals surface area contributed by atoms with Crippen LogP contribution < -0.4 is 5.14 Å². The van der Waals surface area contributed by atoms with E-state index in [1.807, 2.05) is 0 Å². The molecule has 2 rings (SSSR count). The Balaban J connectivity index is 2.16. The summed E-state index contributed by atoms with van der Waals surface area (Å²) in [5.74, 6) is 0.394. The first-order valence-corrected chi connectivity index (χ1v) is 9.19. The highest BCUT2D eigenvalue weighted by atomic mass is 32.2. The van der Waals surface area contributed by atoms with Crippen molar-refractivity contribution in [3.63, 3.8) is 0 Å². The van der Waals surface area contributed by atoms with Crippen LogP contribution in [-0.2, 0) is 16.4 Å². The predicted octanol–water partition coefficient (Wildman–Crippen LogP) is 1.91. The van der Waals surface area contributed by atoms with E-state index in [9.17, 15) is 18.5 Å². The topological polar surface area (TPSA) is 107 Å². The number of nitrogens with zero attached hydrogens (tertiary/aromatic N) is 2. The minimum atomic E-state index is -3.94. The number of benzene rings is 1. The van der Waals surface area contributed by atoms with E-state index >= 15 is 0 Å². The van der Waals surface area contributed by atoms with E-state index in [0.717, 1.165) is 31.7 Å². The van der Waals surface area contributed by atoms with Gasteiger partial charge in [0.05, 0.1) is 9.82 Å². The highest BCUT2D eigenvalue weighted by molar-refractivity contribution is 7.89. The van der Waals surface area contributed by atoms with E-state index in [4.69, 9.17) is 5.14 Å². The lowest BCUT2D eigenvalue weighted by molar-refractivity contribution is -0.385. The normalized spacial score (nSPS) is 22.3. The van der Waals surface area contributed by atoms with E-state index in [0.29, 0.717) is 23.9 Å². The third kappa shape index (κ3) is 4.49. The van der Waals surface area contributed by atoms with Crippen molar-refractivity contribution in [3.05, 3.63) is 33.9 Å². The average Bonchev–Trinajstić information content (AvgIpc) is 2.46. The Bertz CT molecular complexity index is 680. The first kappa shape index (κ1) is 17.8. The molecule has 0 aromatic heterocycles. The van der Waals surface area contributed by atoms with Crippen LogP contribution in [0.1, 0.15) is 31.2 Å². The van der Waals surface area contributed by atoms with E-state index in [-0.39, 0.29) is 10.6 Å². The molecule has 7 nitrogen and oxygen atoms in total. The molecule has 0 amide bonds. The van der Waals surface area contributed by atoms with Crippen LogP contribution in [0.15, 0.2) is 23.1 Å². The van der Waals surface area contributed by atoms with Gasteiger partial charge in [-0.15, -0.1) is 0 Å². The molecule has 1 aliphatic carbocycles. The summed E-state index contributed by atoms with van der Waals surface area (Å²) in [6.45, 7) is 0. The minimum Gasteiger partial charge on any atom is -0.306 e. The number of hydrogen-bond acceptors (Lipinski definition) is 5. The monoisotopic (exact) mass is 341 g/mol. The zero-order valence-corrected chi connectivity index (χ0v) is 14.3. The van der Waals surface area contributed by atoms with E-state index < -0.39 is 14.9 Å². The van der Waals surface area contributed by atoms with Crippen molar-refractivity contribution in [3.8, 4) is 0 Å². The number of nitro benzene ring substituents is 1. The van der Waals surface area contributed by atoms with Gasteiger partial charge in [-0.25, -0.2) is 13.6 Å². The Kier molecular flexibility index (Phi) is 5.38. The Morgan fingerprint density at radius 2 is 1.87 bits per heavy atom. The fourth-order valence-corrected chi connectivity index (χ4v) is 3.77. The maximum atomic E-state index is 11.4. The summed E-state index contributed by atoms with van der Waals surface area (Å²) in [6, 6.07) is 4.51. The van der Waals surface area contributed by atoms with E-state index in [1.54, 1.807) is 0 Å². The molecule has 0 heterocycles. The van der Waals surface area contributed by atoms with Crippen molar-refractivity contribution < 1.29 is 13.3 Å². The zero-order valence-electron chi connectivity index (χ0n) is 13.4. The molecule has 0 atom stereocenters. The van der Waals surface area contributed by atoms with Crippen LogP contribution in [0.3, 0.4) is 0 Å². The van der Waals surface area contributed by atoms with Gasteiger partial charge in [-0.2, -0.15) is 0 Å². The molecule has 1 saturated carbocycles. The summed E-state index contributed by atoms with van der Waals surface area (Å²) >= 11 is 0. The third-order valence-electron chi connectivity index (χ3n) is 4.64. The second kappa shape index (κ2) is 6.94. The minimum absolute atomic E-state index is 0.161. The second-order valence-corrected chi connectivity index (χ2v) is 8.00. The van der Waals surface area contributed by atoms with Crippen LogP contribution in [0.2, 0.25) is 0 Å². The number of rotatable bonds is 5. The lowest BCUT2D eigenvalue weighted by Crippen LogP contribution is -2.32. The zero-order chi connectivity index (χ0) is 17.2. The molecule has 2 N–H and O–H groups in total. The predicted molar refractivity (Wildman–Crippen MR) is 87.6 cm³/mol. The van der Waals surface area contributed by atoms with Gasteiger partial charge in [0.15, 0.2) is 0 Å². The standard InChI is InChI=1S/C15H23N3O4S/c1-17(2)13-6-3-11(4-7-13)9-12-5-8-14(23(16,21)22)10-15(12)18(19)20/h5,8,10-11,13H,3-4,6-7,9H2,1-2H3,(H2,16,21,22). The van der Waals surface area contributed by atoms with Crippen LogP contribution in [0, 0.1) is 16.0 Å². The average molecular weight is 341 g/mol. The number of sulfonamides is 1. The lowest BCUT2D eigenvalue weighted by Gasteiger charge is -2.32. The van der Waals surface area contributed by atoms with Gasteiger partial charge in [-0.05, 0) is 58.2 Å². The Morgan fingerprint density at radius 3 is 2.35 bits per heavy atom. The van der Waals surface area contributed by atoms with Crippen molar-refractivity contribution in [2.45, 2.75) is 43.0 Å². The van der Waals surface area contributed by atoms with E-state index in [1.165, 1.54) is 12.1 Å². The second-order valence-electron chi connectivity index (χ2n) is 6.43. The smallest absolute Gasteiger partial charge is 0.273 e. The van der Waals surface area contributed by atoms with Crippen molar-refractivity contribution in [2.75, 3.05) is 14.1 Å². The van der Waals surface area contributed by atoms with Crippen LogP contribution in [0.5, 0.6) is 0 Å². The van der Waals surface area contributed by atoms with Crippen LogP contribution >= 0.6 is 0 Å². The number of primary sulfonamides is 1. The number of nitrogens with two attached hydrogens (primary N) is 1. The number of hydrogen-bond donors (Lipinski definition) is 1. The quantitative estimate of drug-likeness (QED) is 0.650. The molecular weight excluding hydrogens is 318 g/mol. The summed E-state index contributed by atoms with van der Waals surface area (Å²) in [7, 11) is 0.207. The molecule has 0 radical (unpaired) electrons. The van der Waals surface area contributed by atoms with Gasteiger partial charge in [0.25, 0.3) is 5.69 Å². The van der Waals surface area contributed by atoms with Gasteiger partial charge >= 0.3 is 0 Å². The molecule has 0 saturated heterocycles. The van der Waals surface area contributed by atoms with Gasteiger partial charge in [0.2, 0.25) is 10.0 Å². The third-order valence-corrected chi connectivity index (χ3v) is 5.55. The molecule has 1 aromatic rings. The molecule has 8 heteroatoms. The number of nitro groups is 1. The highest BCUT2D eigenvalue weighted by Gasteiger charge is 2.26. The fraction of sp³-hybridized carbons (Fsp3) is 0.600. The largest absolute Gasteiger partial charge is 0.306 e. The summed E-state index contributed by atoms with van der Waals surface area (Å²) in [4.78, 5) is 12.7. The first-order chi connectivity index (χ1) is 10.7. The maximum absolute atomic E-state index is 11.4. The SMILES string of the molecule is CN(C)C1CCC(Cc2ccc(S(N)(=O)=O)cc2[N+](=O)[O-])CC1. The molecule has 0 unspecified atom stereocenters. The molecule has 1 fully saturated rings. The van der Waals surface area contributed by atoms with Crippen LogP contribution in [0.4, 0.5) is 5.69 Å². The Labute approximate surface area is 136 Å². The molecule has 23 heavy (non-hydrogen) atoms. The lowest BCUT2D eigenvalue weighted by atomic mass is 9.82. The van der Waals surface area contributed by atoms with Crippen molar-refractivity contribution >= 4 is 15.7 Å². The Morgan fingerprint density at radius 1 is 1.26 bits per heavy atom. The van der Waals surface area contributed by atoms with Crippen LogP contribution in [-0.4, -0.2) is 38.4 Å². The molecule has 128 valence electrons. The molecule has 0 aliphatic heterocycles. The summed E-state index contributed by atoms with van der Waals surface area (Å²) in [5, 5.41) is 16.3. The maximum Gasteiger partial charge on any atom is 0.273 e. The summed E-state index contributed by atoms with van der Waals surface area (Å²) in [5.41, 5.74) is 0.418. The molecule has 1 aromatic carbocycles. The molecule has 0 spiro atoms. The van der Waals surface area contributed by atoms with Crippen molar-refractivity contribution in [1.82, 2.24) is 4.90 Å². The van der Waals surface area contributed by atoms with Gasteiger partial charge in [-0.1, -0.05) is 6.07 Å². The van der Waals surface area contributed by atoms with Gasteiger partial charge in [0.1, 0.15) is 0 Å². The molecular formula is C15H23N3O4S. The molecule has 1 aliphatic rings. The fourth-order valence-electron chi connectivity index (χ4n) is 3.24. The highest BCUT2D eigenvalue weighted by Crippen LogP contribution is 2.32. The van der Waals surface area contributed by atoms with Crippen molar-refractivity contribution in [2.24, 2.45) is 11.1 Å². The van der Waals surface area contributed by atoms with Gasteiger partial charge in [0, 0.05) is 17.7 Å². The Hall–Kier alpha value is -1.51. The first-order valence-electron chi connectivity index (χ1n) is 7.65.